The Morgan fingerprint density at radius 1 is 0.878 bits per heavy atom. The molecule has 41 heavy (non-hydrogen) atoms. The maximum atomic E-state index is 13.7. The van der Waals surface area contributed by atoms with Gasteiger partial charge in [-0.15, -0.1) is 0 Å². The van der Waals surface area contributed by atoms with Crippen molar-refractivity contribution in [1.82, 2.24) is 19.7 Å². The smallest absolute Gasteiger partial charge is 0.325 e. The topological polar surface area (TPSA) is 72.7 Å². The molecule has 0 unspecified atom stereocenters. The van der Waals surface area contributed by atoms with Gasteiger partial charge in [-0.25, -0.2) is 9.67 Å². The molecule has 5 rings (SSSR count). The van der Waals surface area contributed by atoms with Crippen molar-refractivity contribution in [2.75, 3.05) is 5.32 Å². The Morgan fingerprint density at radius 3 is 2.07 bits per heavy atom. The first kappa shape index (κ1) is 29.2. The third-order valence-electron chi connectivity index (χ3n) is 6.27. The lowest BCUT2D eigenvalue weighted by molar-refractivity contribution is -0.142. The second-order valence-corrected chi connectivity index (χ2v) is 8.93. The zero-order valence-corrected chi connectivity index (χ0v) is 22.7. The van der Waals surface area contributed by atoms with E-state index in [2.05, 4.69) is 20.4 Å². The first-order chi connectivity index (χ1) is 19.9. The minimum atomic E-state index is -4.64. The lowest BCUT2D eigenvalue weighted by atomic mass is 9.87. The molecule has 0 fully saturated rings. The molecule has 1 N–H and O–H groups in total. The lowest BCUT2D eigenvalue weighted by Gasteiger charge is -2.18. The second kappa shape index (κ2) is 13.5. The summed E-state index contributed by atoms with van der Waals surface area (Å²) in [6.07, 6.45) is 0.496. The predicted molar refractivity (Wildman–Crippen MR) is 154 cm³/mol. The number of nitrogens with zero attached hydrogens (tertiary/aromatic N) is 4. The average molecular weight is 558 g/mol. The maximum Gasteiger partial charge on any atom is 0.433 e. The third-order valence-corrected chi connectivity index (χ3v) is 6.27. The normalized spacial score (nSPS) is 11.1. The molecule has 0 atom stereocenters. The van der Waals surface area contributed by atoms with Crippen LogP contribution in [0, 0.1) is 0 Å². The number of carbonyl (C=O) groups excluding carboxylic acids is 1. The molecule has 0 radical (unpaired) electrons. The molecule has 210 valence electrons. The highest BCUT2D eigenvalue weighted by Gasteiger charge is 2.36. The Kier molecular flexibility index (Phi) is 9.63. The number of halogens is 3. The summed E-state index contributed by atoms with van der Waals surface area (Å²) in [6, 6.07) is 27.1. The number of anilines is 1. The van der Waals surface area contributed by atoms with Gasteiger partial charge in [0.1, 0.15) is 0 Å². The second-order valence-electron chi connectivity index (χ2n) is 8.93. The Hall–Kier alpha value is -4.79. The number of aromatic nitrogens is 4. The van der Waals surface area contributed by atoms with Crippen LogP contribution in [0.15, 0.2) is 110 Å². The molecule has 0 bridgehead atoms. The highest BCUT2D eigenvalue weighted by molar-refractivity contribution is 5.90. The highest BCUT2D eigenvalue weighted by Crippen LogP contribution is 2.34. The van der Waals surface area contributed by atoms with Crippen LogP contribution in [0.3, 0.4) is 0 Å². The largest absolute Gasteiger partial charge is 0.433 e. The Bertz CT molecular complexity index is 1480. The molecule has 9 heteroatoms. The van der Waals surface area contributed by atoms with E-state index in [1.54, 1.807) is 12.1 Å². The molecule has 0 aliphatic rings. The van der Waals surface area contributed by atoms with Crippen molar-refractivity contribution in [3.63, 3.8) is 0 Å². The highest BCUT2D eigenvalue weighted by atomic mass is 19.4. The number of carbonyl (C=O) groups is 1. The molecule has 5 aromatic rings. The Morgan fingerprint density at radius 2 is 1.54 bits per heavy atom. The van der Waals surface area contributed by atoms with Gasteiger partial charge >= 0.3 is 6.18 Å². The van der Waals surface area contributed by atoms with Crippen LogP contribution in [-0.2, 0) is 11.0 Å². The first-order valence-corrected chi connectivity index (χ1v) is 13.3. The van der Waals surface area contributed by atoms with Crippen molar-refractivity contribution in [3.8, 4) is 17.1 Å². The van der Waals surface area contributed by atoms with E-state index >= 15 is 0 Å². The van der Waals surface area contributed by atoms with E-state index in [1.807, 2.05) is 74.5 Å². The van der Waals surface area contributed by atoms with Crippen molar-refractivity contribution < 1.29 is 18.0 Å². The molecule has 0 saturated carbocycles. The molecular weight excluding hydrogens is 527 g/mol. The summed E-state index contributed by atoms with van der Waals surface area (Å²) in [7, 11) is 0. The minimum Gasteiger partial charge on any atom is -0.325 e. The van der Waals surface area contributed by atoms with E-state index in [4.69, 9.17) is 0 Å². The number of hydrogen-bond acceptors (Lipinski definition) is 4. The number of hydrogen-bond donors (Lipinski definition) is 1. The van der Waals surface area contributed by atoms with Gasteiger partial charge in [0.25, 0.3) is 0 Å². The lowest BCUT2D eigenvalue weighted by Crippen LogP contribution is -2.15. The van der Waals surface area contributed by atoms with Crippen LogP contribution >= 0.6 is 0 Å². The van der Waals surface area contributed by atoms with Crippen LogP contribution < -0.4 is 5.32 Å². The SMILES string of the molecule is CC.O=C(CCC(c1ccccc1)c1ccccc1)Nc1ccc(-n2nc(-c3cccnc3)cc2C(F)(F)F)nc1. The van der Waals surface area contributed by atoms with Gasteiger partial charge < -0.3 is 5.32 Å². The van der Waals surface area contributed by atoms with Crippen LogP contribution in [0.4, 0.5) is 18.9 Å². The van der Waals surface area contributed by atoms with Gasteiger partial charge in [-0.3, -0.25) is 9.78 Å². The number of amides is 1. The number of benzene rings is 2. The molecule has 6 nitrogen and oxygen atoms in total. The van der Waals surface area contributed by atoms with E-state index in [9.17, 15) is 18.0 Å². The molecule has 0 saturated heterocycles. The van der Waals surface area contributed by atoms with Crippen molar-refractivity contribution >= 4 is 11.6 Å². The van der Waals surface area contributed by atoms with Gasteiger partial charge in [0.2, 0.25) is 5.91 Å². The van der Waals surface area contributed by atoms with E-state index in [0.29, 0.717) is 17.7 Å². The van der Waals surface area contributed by atoms with Gasteiger partial charge in [0.15, 0.2) is 11.5 Å². The van der Waals surface area contributed by atoms with Crippen LogP contribution in [0.5, 0.6) is 0 Å². The van der Waals surface area contributed by atoms with Gasteiger partial charge in [0, 0.05) is 30.3 Å². The van der Waals surface area contributed by atoms with Crippen molar-refractivity contribution in [2.45, 2.75) is 38.8 Å². The van der Waals surface area contributed by atoms with E-state index in [-0.39, 0.29) is 29.8 Å². The summed E-state index contributed by atoms with van der Waals surface area (Å²) in [4.78, 5) is 20.9. The van der Waals surface area contributed by atoms with Crippen LogP contribution in [0.2, 0.25) is 0 Å². The van der Waals surface area contributed by atoms with Crippen molar-refractivity contribution in [2.24, 2.45) is 0 Å². The first-order valence-electron chi connectivity index (χ1n) is 13.3. The van der Waals surface area contributed by atoms with Crippen LogP contribution in [0.1, 0.15) is 49.4 Å². The van der Waals surface area contributed by atoms with E-state index in [1.165, 1.54) is 30.7 Å². The summed E-state index contributed by atoms with van der Waals surface area (Å²) in [5.74, 6) is -0.188. The zero-order chi connectivity index (χ0) is 29.2. The molecule has 0 aliphatic heterocycles. The molecule has 3 heterocycles. The van der Waals surface area contributed by atoms with Gasteiger partial charge in [-0.1, -0.05) is 74.5 Å². The Balaban J connectivity index is 0.00000189. The summed E-state index contributed by atoms with van der Waals surface area (Å²) in [6.45, 7) is 4.00. The van der Waals surface area contributed by atoms with Crippen molar-refractivity contribution in [1.29, 1.82) is 0 Å². The quantitative estimate of drug-likeness (QED) is 0.210. The number of nitrogens with one attached hydrogen (secondary N) is 1. The van der Waals surface area contributed by atoms with Gasteiger partial charge in [0.05, 0.1) is 17.6 Å². The zero-order valence-electron chi connectivity index (χ0n) is 22.7. The fourth-order valence-electron chi connectivity index (χ4n) is 4.39. The van der Waals surface area contributed by atoms with E-state index in [0.717, 1.165) is 21.9 Å². The summed E-state index contributed by atoms with van der Waals surface area (Å²) >= 11 is 0. The molecule has 1 amide bonds. The van der Waals surface area contributed by atoms with Crippen LogP contribution in [0.25, 0.3) is 17.1 Å². The predicted octanol–water partition coefficient (Wildman–Crippen LogP) is 7.93. The fourth-order valence-corrected chi connectivity index (χ4v) is 4.39. The van der Waals surface area contributed by atoms with Gasteiger partial charge in [-0.05, 0) is 47.9 Å². The van der Waals surface area contributed by atoms with E-state index < -0.39 is 11.9 Å². The molecule has 3 aromatic heterocycles. The third kappa shape index (κ3) is 7.45. The van der Waals surface area contributed by atoms with Crippen LogP contribution in [-0.4, -0.2) is 25.7 Å². The Labute approximate surface area is 236 Å². The summed E-state index contributed by atoms with van der Waals surface area (Å²) in [5.41, 5.74) is 2.24. The maximum absolute atomic E-state index is 13.7. The number of pyridine rings is 2. The minimum absolute atomic E-state index is 0.0244. The standard InChI is InChI=1S/C30H24F3N5O.C2H6/c31-30(32,33)27-18-26(23-12-7-17-34-19-23)37-38(27)28-15-13-24(20-35-28)36-29(39)16-14-25(21-8-3-1-4-9-21)22-10-5-2-6-11-22;1-2/h1-13,15,17-20,25H,14,16H2,(H,36,39);1-2H3. The van der Waals surface area contributed by atoms with Crippen molar-refractivity contribution in [3.05, 3.63) is 126 Å². The summed E-state index contributed by atoms with van der Waals surface area (Å²) < 4.78 is 42.0. The fraction of sp³-hybridized carbons (Fsp3) is 0.188. The average Bonchev–Trinajstić information content (AvgIpc) is 3.47. The number of alkyl halides is 3. The van der Waals surface area contributed by atoms with Gasteiger partial charge in [-0.2, -0.15) is 18.3 Å². The molecule has 0 spiro atoms. The summed E-state index contributed by atoms with van der Waals surface area (Å²) in [5, 5.41) is 6.91. The number of rotatable bonds is 8. The molecule has 0 aliphatic carbocycles. The monoisotopic (exact) mass is 557 g/mol. The molecule has 2 aromatic carbocycles. The molecular formula is C32H30F3N5O.